The Hall–Kier alpha value is -2.95. The van der Waals surface area contributed by atoms with Crippen LogP contribution in [0.2, 0.25) is 0 Å². The summed E-state index contributed by atoms with van der Waals surface area (Å²) in [6, 6.07) is 11.3. The number of nitrogens with zero attached hydrogens (tertiary/aromatic N) is 1. The van der Waals surface area contributed by atoms with Crippen LogP contribution in [0.15, 0.2) is 54.9 Å². The molecule has 2 aromatic rings. The van der Waals surface area contributed by atoms with E-state index in [1.807, 2.05) is 42.5 Å². The largest absolute Gasteiger partial charge is 0.445 e. The minimum Gasteiger partial charge on any atom is -0.445 e. The molecule has 0 radical (unpaired) electrons. The number of Topliss-reactive ketones (excluding diaryl/α,β-unsaturated/α-hetero) is 1. The highest BCUT2D eigenvalue weighted by molar-refractivity contribution is 5.94. The molecule has 1 aromatic carbocycles. The molecule has 5 nitrogen and oxygen atoms in total. The number of pyridine rings is 1. The van der Waals surface area contributed by atoms with Crippen molar-refractivity contribution in [1.29, 1.82) is 0 Å². The van der Waals surface area contributed by atoms with Gasteiger partial charge in [0.2, 0.25) is 0 Å². The Balaban J connectivity index is 1.68. The average molecular weight is 324 g/mol. The van der Waals surface area contributed by atoms with Crippen molar-refractivity contribution in [2.24, 2.45) is 0 Å². The summed E-state index contributed by atoms with van der Waals surface area (Å²) in [6.07, 6.45) is 7.24. The number of nitrogens with one attached hydrogen (secondary N) is 1. The van der Waals surface area contributed by atoms with Gasteiger partial charge in [0, 0.05) is 24.5 Å². The van der Waals surface area contributed by atoms with Crippen molar-refractivity contribution >= 4 is 18.0 Å². The van der Waals surface area contributed by atoms with Gasteiger partial charge in [0.25, 0.3) is 0 Å². The number of hydrogen-bond donors (Lipinski definition) is 1. The Bertz CT molecular complexity index is 712. The Morgan fingerprint density at radius 1 is 1.21 bits per heavy atom. The van der Waals surface area contributed by atoms with E-state index in [0.29, 0.717) is 18.5 Å². The summed E-state index contributed by atoms with van der Waals surface area (Å²) in [5.74, 6) is -0.0134. The van der Waals surface area contributed by atoms with Gasteiger partial charge in [-0.1, -0.05) is 42.5 Å². The fourth-order valence-electron chi connectivity index (χ4n) is 1.99. The number of ketones is 1. The molecule has 5 heteroatoms. The smallest absolute Gasteiger partial charge is 0.407 e. The van der Waals surface area contributed by atoms with E-state index in [9.17, 15) is 9.59 Å². The molecule has 0 fully saturated rings. The van der Waals surface area contributed by atoms with E-state index in [1.165, 1.54) is 6.92 Å². The molecular weight excluding hydrogens is 304 g/mol. The zero-order valence-corrected chi connectivity index (χ0v) is 13.6. The summed E-state index contributed by atoms with van der Waals surface area (Å²) in [6.45, 7) is 2.24. The van der Waals surface area contributed by atoms with E-state index in [0.717, 1.165) is 11.1 Å². The van der Waals surface area contributed by atoms with Gasteiger partial charge < -0.3 is 10.1 Å². The number of hydrogen-bond acceptors (Lipinski definition) is 4. The molecule has 1 aromatic heterocycles. The zero-order valence-electron chi connectivity index (χ0n) is 13.6. The van der Waals surface area contributed by atoms with Crippen molar-refractivity contribution in [3.63, 3.8) is 0 Å². The minimum absolute atomic E-state index is 0.0134. The third-order valence-electron chi connectivity index (χ3n) is 3.27. The topological polar surface area (TPSA) is 68.3 Å². The lowest BCUT2D eigenvalue weighted by Gasteiger charge is -2.05. The molecule has 24 heavy (non-hydrogen) atoms. The normalized spacial score (nSPS) is 10.5. The number of carbonyl (C=O) groups is 2. The van der Waals surface area contributed by atoms with Crippen molar-refractivity contribution in [2.75, 3.05) is 6.54 Å². The highest BCUT2D eigenvalue weighted by Gasteiger charge is 2.01. The SMILES string of the molecule is CC(=O)c1cncc(C=CCCNC(=O)OCc2ccccc2)c1. The molecule has 1 heterocycles. The molecule has 0 saturated carbocycles. The van der Waals surface area contributed by atoms with Gasteiger partial charge in [0.05, 0.1) is 0 Å². The molecule has 0 saturated heterocycles. The molecule has 0 bridgehead atoms. The predicted octanol–water partition coefficient (Wildman–Crippen LogP) is 3.61. The number of aromatic nitrogens is 1. The van der Waals surface area contributed by atoms with Crippen molar-refractivity contribution < 1.29 is 14.3 Å². The zero-order chi connectivity index (χ0) is 17.2. The van der Waals surface area contributed by atoms with Crippen molar-refractivity contribution in [1.82, 2.24) is 10.3 Å². The first-order valence-electron chi connectivity index (χ1n) is 7.72. The quantitative estimate of drug-likeness (QED) is 0.624. The summed E-state index contributed by atoms with van der Waals surface area (Å²) in [4.78, 5) is 26.9. The molecule has 124 valence electrons. The number of ether oxygens (including phenoxy) is 1. The summed E-state index contributed by atoms with van der Waals surface area (Å²) in [5, 5.41) is 2.69. The van der Waals surface area contributed by atoms with Crippen LogP contribution in [0.4, 0.5) is 4.79 Å². The Labute approximate surface area is 141 Å². The molecule has 0 spiro atoms. The maximum Gasteiger partial charge on any atom is 0.407 e. The molecule has 0 aliphatic carbocycles. The molecule has 0 atom stereocenters. The molecule has 0 aliphatic heterocycles. The van der Waals surface area contributed by atoms with E-state index in [1.54, 1.807) is 18.5 Å². The third kappa shape index (κ3) is 6.04. The molecule has 0 aliphatic rings. The monoisotopic (exact) mass is 324 g/mol. The van der Waals surface area contributed by atoms with E-state index >= 15 is 0 Å². The molecule has 1 amide bonds. The first-order valence-corrected chi connectivity index (χ1v) is 7.72. The minimum atomic E-state index is -0.438. The molecular formula is C19H20N2O3. The summed E-state index contributed by atoms with van der Waals surface area (Å²) in [5.41, 5.74) is 2.39. The number of benzene rings is 1. The van der Waals surface area contributed by atoms with E-state index < -0.39 is 6.09 Å². The summed E-state index contributed by atoms with van der Waals surface area (Å²) in [7, 11) is 0. The number of carbonyl (C=O) groups excluding carboxylic acids is 2. The van der Waals surface area contributed by atoms with Crippen LogP contribution in [0.3, 0.4) is 0 Å². The van der Waals surface area contributed by atoms with Gasteiger partial charge in [-0.2, -0.15) is 0 Å². The summed E-state index contributed by atoms with van der Waals surface area (Å²) < 4.78 is 5.11. The first-order chi connectivity index (χ1) is 11.6. The van der Waals surface area contributed by atoms with Gasteiger partial charge in [0.15, 0.2) is 5.78 Å². The van der Waals surface area contributed by atoms with Crippen LogP contribution in [-0.2, 0) is 11.3 Å². The van der Waals surface area contributed by atoms with Gasteiger partial charge in [-0.25, -0.2) is 4.79 Å². The first kappa shape index (κ1) is 17.4. The van der Waals surface area contributed by atoms with Crippen molar-refractivity contribution in [3.8, 4) is 0 Å². The second kappa shape index (κ2) is 9.25. The van der Waals surface area contributed by atoms with Gasteiger partial charge in [-0.05, 0) is 30.5 Å². The van der Waals surface area contributed by atoms with Gasteiger partial charge >= 0.3 is 6.09 Å². The van der Waals surface area contributed by atoms with Crippen molar-refractivity contribution in [3.05, 3.63) is 71.6 Å². The highest BCUT2D eigenvalue weighted by atomic mass is 16.5. The maximum atomic E-state index is 11.6. The maximum absolute atomic E-state index is 11.6. The van der Waals surface area contributed by atoms with E-state index in [4.69, 9.17) is 4.74 Å². The lowest BCUT2D eigenvalue weighted by atomic mass is 10.1. The standard InChI is InChI=1S/C19H20N2O3/c1-15(22)18-11-17(12-20-13-18)9-5-6-10-21-19(23)24-14-16-7-3-2-4-8-16/h2-5,7-9,11-13H,6,10,14H2,1H3,(H,21,23). The van der Waals surface area contributed by atoms with Crippen LogP contribution >= 0.6 is 0 Å². The lowest BCUT2D eigenvalue weighted by molar-refractivity contribution is 0.101. The highest BCUT2D eigenvalue weighted by Crippen LogP contribution is 2.06. The fraction of sp³-hybridized carbons (Fsp3) is 0.211. The number of amides is 1. The Morgan fingerprint density at radius 2 is 2.00 bits per heavy atom. The van der Waals surface area contributed by atoms with Gasteiger partial charge in [-0.15, -0.1) is 0 Å². The van der Waals surface area contributed by atoms with Crippen LogP contribution in [0.1, 0.15) is 34.8 Å². The molecule has 1 N–H and O–H groups in total. The van der Waals surface area contributed by atoms with Gasteiger partial charge in [0.1, 0.15) is 6.61 Å². The average Bonchev–Trinajstić information content (AvgIpc) is 2.61. The van der Waals surface area contributed by atoms with Crippen LogP contribution in [0.25, 0.3) is 6.08 Å². The van der Waals surface area contributed by atoms with Crippen molar-refractivity contribution in [2.45, 2.75) is 20.0 Å². The Morgan fingerprint density at radius 3 is 2.75 bits per heavy atom. The van der Waals surface area contributed by atoms with E-state index in [2.05, 4.69) is 10.3 Å². The number of alkyl carbamates (subject to hydrolysis) is 1. The van der Waals surface area contributed by atoms with Crippen LogP contribution in [-0.4, -0.2) is 23.4 Å². The van der Waals surface area contributed by atoms with E-state index in [-0.39, 0.29) is 12.4 Å². The molecule has 2 rings (SSSR count). The number of rotatable bonds is 7. The predicted molar refractivity (Wildman–Crippen MR) is 92.5 cm³/mol. The van der Waals surface area contributed by atoms with Crippen LogP contribution in [0, 0.1) is 0 Å². The Kier molecular flexibility index (Phi) is 6.71. The van der Waals surface area contributed by atoms with Crippen LogP contribution in [0.5, 0.6) is 0 Å². The third-order valence-corrected chi connectivity index (χ3v) is 3.27. The van der Waals surface area contributed by atoms with Gasteiger partial charge in [-0.3, -0.25) is 9.78 Å². The summed E-state index contributed by atoms with van der Waals surface area (Å²) >= 11 is 0. The second-order valence-electron chi connectivity index (χ2n) is 5.24. The molecule has 0 unspecified atom stereocenters. The second-order valence-corrected chi connectivity index (χ2v) is 5.24. The lowest BCUT2D eigenvalue weighted by Crippen LogP contribution is -2.24. The van der Waals surface area contributed by atoms with Crippen LogP contribution < -0.4 is 5.32 Å². The fourth-order valence-corrected chi connectivity index (χ4v) is 1.99.